The maximum absolute atomic E-state index is 11.4. The minimum Gasteiger partial charge on any atom is -0.380 e. The largest absolute Gasteiger partial charge is 0.380 e. The van der Waals surface area contributed by atoms with Gasteiger partial charge in [-0.25, -0.2) is 0 Å². The van der Waals surface area contributed by atoms with Crippen LogP contribution in [0.25, 0.3) is 0 Å². The van der Waals surface area contributed by atoms with Crippen LogP contribution in [0.15, 0.2) is 12.4 Å². The molecule has 1 rings (SSSR count). The van der Waals surface area contributed by atoms with Crippen molar-refractivity contribution in [2.45, 2.75) is 40.2 Å². The van der Waals surface area contributed by atoms with Gasteiger partial charge >= 0.3 is 0 Å². The third kappa shape index (κ3) is 5.13. The van der Waals surface area contributed by atoms with Gasteiger partial charge in [-0.2, -0.15) is 5.10 Å². The second-order valence-electron chi connectivity index (χ2n) is 4.56. The number of carbonyl (C=O) groups is 1. The van der Waals surface area contributed by atoms with Crippen molar-refractivity contribution in [1.29, 1.82) is 0 Å². The van der Waals surface area contributed by atoms with Crippen molar-refractivity contribution < 1.29 is 9.53 Å². The highest BCUT2D eigenvalue weighted by atomic mass is 16.5. The third-order valence-electron chi connectivity index (χ3n) is 2.58. The number of nitrogens with zero attached hydrogens (tertiary/aromatic N) is 2. The lowest BCUT2D eigenvalue weighted by Gasteiger charge is -2.06. The molecule has 0 atom stereocenters. The normalized spacial score (nSPS) is 11.1. The number of hydrogen-bond acceptors (Lipinski definition) is 3. The van der Waals surface area contributed by atoms with Gasteiger partial charge in [-0.1, -0.05) is 20.8 Å². The Labute approximate surface area is 103 Å². The lowest BCUT2D eigenvalue weighted by Crippen LogP contribution is -2.08. The summed E-state index contributed by atoms with van der Waals surface area (Å²) in [5.41, 5.74) is 0.690. The van der Waals surface area contributed by atoms with E-state index in [9.17, 15) is 4.79 Å². The predicted octanol–water partition coefficient (Wildman–Crippen LogP) is 2.54. The fourth-order valence-electron chi connectivity index (χ4n) is 1.41. The van der Waals surface area contributed by atoms with Gasteiger partial charge in [0.05, 0.1) is 24.9 Å². The number of rotatable bonds is 8. The van der Waals surface area contributed by atoms with Crippen LogP contribution in [0.3, 0.4) is 0 Å². The Hall–Kier alpha value is -1.16. The van der Waals surface area contributed by atoms with Crippen molar-refractivity contribution >= 4 is 5.78 Å². The van der Waals surface area contributed by atoms with Crippen molar-refractivity contribution in [3.05, 3.63) is 18.0 Å². The van der Waals surface area contributed by atoms with Crippen LogP contribution in [-0.4, -0.2) is 28.8 Å². The van der Waals surface area contributed by atoms with Crippen LogP contribution >= 0.6 is 0 Å². The van der Waals surface area contributed by atoms with E-state index in [1.165, 1.54) is 0 Å². The van der Waals surface area contributed by atoms with E-state index in [0.29, 0.717) is 31.1 Å². The average Bonchev–Trinajstić information content (AvgIpc) is 2.76. The van der Waals surface area contributed by atoms with Gasteiger partial charge < -0.3 is 4.74 Å². The minimum atomic E-state index is 0.136. The zero-order valence-electron chi connectivity index (χ0n) is 11.0. The first-order valence-corrected chi connectivity index (χ1v) is 6.27. The number of ketones is 1. The molecule has 4 nitrogen and oxygen atoms in total. The first kappa shape index (κ1) is 13.9. The van der Waals surface area contributed by atoms with Gasteiger partial charge in [0.1, 0.15) is 0 Å². The SMILES string of the molecule is CCC(=O)c1cnn(CCOCCC(C)C)c1. The Morgan fingerprint density at radius 3 is 2.88 bits per heavy atom. The molecule has 0 saturated carbocycles. The zero-order chi connectivity index (χ0) is 12.7. The molecule has 0 aliphatic heterocycles. The number of ether oxygens (including phenoxy) is 1. The molecule has 1 heterocycles. The van der Waals surface area contributed by atoms with E-state index >= 15 is 0 Å². The highest BCUT2D eigenvalue weighted by molar-refractivity contribution is 5.95. The topological polar surface area (TPSA) is 44.1 Å². The third-order valence-corrected chi connectivity index (χ3v) is 2.58. The summed E-state index contributed by atoms with van der Waals surface area (Å²) >= 11 is 0. The van der Waals surface area contributed by atoms with Crippen molar-refractivity contribution in [2.75, 3.05) is 13.2 Å². The van der Waals surface area contributed by atoms with Gasteiger partial charge in [-0.3, -0.25) is 9.48 Å². The Kier molecular flexibility index (Phi) is 5.91. The molecule has 1 aromatic rings. The highest BCUT2D eigenvalue weighted by Crippen LogP contribution is 2.02. The van der Waals surface area contributed by atoms with Crippen LogP contribution in [0.4, 0.5) is 0 Å². The summed E-state index contributed by atoms with van der Waals surface area (Å²) in [6, 6.07) is 0. The van der Waals surface area contributed by atoms with E-state index in [2.05, 4.69) is 18.9 Å². The number of hydrogen-bond donors (Lipinski definition) is 0. The maximum Gasteiger partial charge on any atom is 0.165 e. The van der Waals surface area contributed by atoms with Gasteiger partial charge in [-0.15, -0.1) is 0 Å². The predicted molar refractivity (Wildman–Crippen MR) is 67.1 cm³/mol. The standard InChI is InChI=1S/C13H22N2O2/c1-4-13(16)12-9-14-15(10-12)6-8-17-7-5-11(2)3/h9-11H,4-8H2,1-3H3. The summed E-state index contributed by atoms with van der Waals surface area (Å²) < 4.78 is 7.26. The van der Waals surface area contributed by atoms with Crippen molar-refractivity contribution in [3.63, 3.8) is 0 Å². The van der Waals surface area contributed by atoms with Gasteiger partial charge in [0.25, 0.3) is 0 Å². The van der Waals surface area contributed by atoms with Crippen molar-refractivity contribution in [2.24, 2.45) is 5.92 Å². The second-order valence-corrected chi connectivity index (χ2v) is 4.56. The number of aromatic nitrogens is 2. The fraction of sp³-hybridized carbons (Fsp3) is 0.692. The molecule has 0 aliphatic carbocycles. The molecule has 0 N–H and O–H groups in total. The van der Waals surface area contributed by atoms with Crippen molar-refractivity contribution in [3.8, 4) is 0 Å². The first-order chi connectivity index (χ1) is 8.13. The van der Waals surface area contributed by atoms with Crippen LogP contribution in [-0.2, 0) is 11.3 Å². The summed E-state index contributed by atoms with van der Waals surface area (Å²) in [6.07, 6.45) is 5.02. The molecule has 0 aromatic carbocycles. The molecule has 1 aromatic heterocycles. The van der Waals surface area contributed by atoms with E-state index in [0.717, 1.165) is 13.0 Å². The van der Waals surface area contributed by atoms with E-state index in [1.807, 2.05) is 6.92 Å². The minimum absolute atomic E-state index is 0.136. The van der Waals surface area contributed by atoms with E-state index < -0.39 is 0 Å². The van der Waals surface area contributed by atoms with Crippen LogP contribution in [0.5, 0.6) is 0 Å². The molecule has 0 spiro atoms. The molecule has 17 heavy (non-hydrogen) atoms. The molecular formula is C13H22N2O2. The molecule has 0 amide bonds. The zero-order valence-corrected chi connectivity index (χ0v) is 11.0. The molecule has 96 valence electrons. The molecule has 0 fully saturated rings. The van der Waals surface area contributed by atoms with Gasteiger partial charge in [0.2, 0.25) is 0 Å². The number of carbonyl (C=O) groups excluding carboxylic acids is 1. The Morgan fingerprint density at radius 1 is 1.47 bits per heavy atom. The molecule has 4 heteroatoms. The van der Waals surface area contributed by atoms with Crippen LogP contribution in [0.1, 0.15) is 44.0 Å². The Balaban J connectivity index is 2.23. The summed E-state index contributed by atoms with van der Waals surface area (Å²) in [4.78, 5) is 11.4. The van der Waals surface area contributed by atoms with E-state index in [1.54, 1.807) is 17.1 Å². The van der Waals surface area contributed by atoms with Gasteiger partial charge in [0, 0.05) is 19.2 Å². The van der Waals surface area contributed by atoms with Crippen LogP contribution in [0, 0.1) is 5.92 Å². The van der Waals surface area contributed by atoms with E-state index in [-0.39, 0.29) is 5.78 Å². The lowest BCUT2D eigenvalue weighted by molar-refractivity contribution is 0.0987. The molecule has 0 aliphatic rings. The Morgan fingerprint density at radius 2 is 2.24 bits per heavy atom. The van der Waals surface area contributed by atoms with Gasteiger partial charge in [-0.05, 0) is 12.3 Å². The summed E-state index contributed by atoms with van der Waals surface area (Å²) in [5, 5.41) is 4.13. The quantitative estimate of drug-likeness (QED) is 0.516. The smallest absolute Gasteiger partial charge is 0.165 e. The number of Topliss-reactive ketones (excluding diaryl/α,β-unsaturated/α-hetero) is 1. The Bertz CT molecular complexity index is 345. The summed E-state index contributed by atoms with van der Waals surface area (Å²) in [7, 11) is 0. The molecule has 0 bridgehead atoms. The van der Waals surface area contributed by atoms with E-state index in [4.69, 9.17) is 4.74 Å². The van der Waals surface area contributed by atoms with Crippen molar-refractivity contribution in [1.82, 2.24) is 9.78 Å². The molecule has 0 radical (unpaired) electrons. The molecule has 0 unspecified atom stereocenters. The average molecular weight is 238 g/mol. The second kappa shape index (κ2) is 7.22. The summed E-state index contributed by atoms with van der Waals surface area (Å²) in [6.45, 7) is 8.36. The maximum atomic E-state index is 11.4. The fourth-order valence-corrected chi connectivity index (χ4v) is 1.41. The monoisotopic (exact) mass is 238 g/mol. The van der Waals surface area contributed by atoms with Crippen LogP contribution < -0.4 is 0 Å². The first-order valence-electron chi connectivity index (χ1n) is 6.27. The molecule has 0 saturated heterocycles. The lowest BCUT2D eigenvalue weighted by atomic mass is 10.1. The highest BCUT2D eigenvalue weighted by Gasteiger charge is 2.05. The molecular weight excluding hydrogens is 216 g/mol. The van der Waals surface area contributed by atoms with Gasteiger partial charge in [0.15, 0.2) is 5.78 Å². The summed E-state index contributed by atoms with van der Waals surface area (Å²) in [5.74, 6) is 0.811. The van der Waals surface area contributed by atoms with Crippen LogP contribution in [0.2, 0.25) is 0 Å².